The Balaban J connectivity index is 2.25. The van der Waals surface area contributed by atoms with Crippen molar-refractivity contribution in [2.45, 2.75) is 0 Å². The zero-order valence-electron chi connectivity index (χ0n) is 10.3. The summed E-state index contributed by atoms with van der Waals surface area (Å²) < 4.78 is 18.0. The lowest BCUT2D eigenvalue weighted by Crippen LogP contribution is -2.19. The van der Waals surface area contributed by atoms with Crippen molar-refractivity contribution in [3.05, 3.63) is 34.2 Å². The van der Waals surface area contributed by atoms with Gasteiger partial charge in [-0.25, -0.2) is 14.0 Å². The van der Waals surface area contributed by atoms with Gasteiger partial charge in [-0.1, -0.05) is 0 Å². The van der Waals surface area contributed by atoms with Crippen LogP contribution in [0.15, 0.2) is 32.3 Å². The van der Waals surface area contributed by atoms with E-state index in [4.69, 9.17) is 11.5 Å². The Kier molecular flexibility index (Phi) is 4.64. The minimum absolute atomic E-state index is 0.101. The van der Waals surface area contributed by atoms with Gasteiger partial charge in [0.2, 0.25) is 5.82 Å². The van der Waals surface area contributed by atoms with Crippen LogP contribution in [0.1, 0.15) is 5.69 Å². The molecule has 1 aromatic heterocycles. The van der Waals surface area contributed by atoms with Crippen LogP contribution in [-0.2, 0) is 0 Å². The molecule has 0 radical (unpaired) electrons. The largest absolute Gasteiger partial charge is 0.382 e. The van der Waals surface area contributed by atoms with E-state index in [1.54, 1.807) is 0 Å². The number of hydrogen-bond donors (Lipinski definition) is 3. The first-order valence-electron chi connectivity index (χ1n) is 5.68. The number of hydrogen-bond acceptors (Lipinski definition) is 6. The molecule has 9 heteroatoms. The van der Waals surface area contributed by atoms with Crippen molar-refractivity contribution in [2.75, 3.05) is 18.4 Å². The SMILES string of the molecule is NCCNc1nonc1C(N)=Nc1ccc(F)c(Br)c1. The van der Waals surface area contributed by atoms with Crippen LogP contribution in [0.2, 0.25) is 0 Å². The number of halogens is 2. The molecule has 2 rings (SSSR count). The third-order valence-electron chi connectivity index (χ3n) is 2.32. The number of benzene rings is 1. The van der Waals surface area contributed by atoms with Gasteiger partial charge < -0.3 is 16.8 Å². The first-order chi connectivity index (χ1) is 9.61. The summed E-state index contributed by atoms with van der Waals surface area (Å²) in [5.74, 6) is 0.0816. The zero-order valence-corrected chi connectivity index (χ0v) is 11.9. The first-order valence-corrected chi connectivity index (χ1v) is 6.47. The van der Waals surface area contributed by atoms with Crippen molar-refractivity contribution in [1.29, 1.82) is 0 Å². The molecule has 0 atom stereocenters. The molecule has 0 amide bonds. The number of anilines is 1. The van der Waals surface area contributed by atoms with Gasteiger partial charge in [-0.2, -0.15) is 0 Å². The van der Waals surface area contributed by atoms with Crippen molar-refractivity contribution in [3.63, 3.8) is 0 Å². The van der Waals surface area contributed by atoms with Crippen molar-refractivity contribution in [1.82, 2.24) is 10.3 Å². The van der Waals surface area contributed by atoms with Gasteiger partial charge in [0.15, 0.2) is 11.5 Å². The van der Waals surface area contributed by atoms with Crippen molar-refractivity contribution in [2.24, 2.45) is 16.5 Å². The molecule has 0 unspecified atom stereocenters. The number of aromatic nitrogens is 2. The third kappa shape index (κ3) is 3.31. The average Bonchev–Trinajstić information content (AvgIpc) is 2.89. The smallest absolute Gasteiger partial charge is 0.202 e. The van der Waals surface area contributed by atoms with Crippen LogP contribution in [0.4, 0.5) is 15.9 Å². The topological polar surface area (TPSA) is 115 Å². The Bertz CT molecular complexity index is 629. The van der Waals surface area contributed by atoms with Gasteiger partial charge in [0.25, 0.3) is 0 Å². The summed E-state index contributed by atoms with van der Waals surface area (Å²) in [4.78, 5) is 4.14. The lowest BCUT2D eigenvalue weighted by Gasteiger charge is -2.02. The lowest BCUT2D eigenvalue weighted by molar-refractivity contribution is 0.308. The van der Waals surface area contributed by atoms with Gasteiger partial charge in [-0.05, 0) is 44.4 Å². The average molecular weight is 343 g/mol. The molecule has 0 saturated heterocycles. The number of nitrogens with one attached hydrogen (secondary N) is 1. The number of aliphatic imine (C=N–C) groups is 1. The fourth-order valence-corrected chi connectivity index (χ4v) is 1.78. The number of rotatable bonds is 5. The monoisotopic (exact) mass is 342 g/mol. The second-order valence-electron chi connectivity index (χ2n) is 3.77. The predicted molar refractivity (Wildman–Crippen MR) is 76.3 cm³/mol. The van der Waals surface area contributed by atoms with Gasteiger partial charge in [0.1, 0.15) is 5.82 Å². The van der Waals surface area contributed by atoms with E-state index in [1.807, 2.05) is 0 Å². The van der Waals surface area contributed by atoms with E-state index in [9.17, 15) is 4.39 Å². The third-order valence-corrected chi connectivity index (χ3v) is 2.93. The van der Waals surface area contributed by atoms with Crippen LogP contribution in [0.25, 0.3) is 0 Å². The fraction of sp³-hybridized carbons (Fsp3) is 0.182. The summed E-state index contributed by atoms with van der Waals surface area (Å²) in [6.45, 7) is 0.921. The lowest BCUT2D eigenvalue weighted by atomic mass is 10.3. The fourth-order valence-electron chi connectivity index (χ4n) is 1.41. The molecule has 2 aromatic rings. The summed E-state index contributed by atoms with van der Waals surface area (Å²) in [6.07, 6.45) is 0. The molecule has 106 valence electrons. The Labute approximate surface area is 122 Å². The van der Waals surface area contributed by atoms with Crippen LogP contribution in [0.3, 0.4) is 0 Å². The molecule has 0 aliphatic carbocycles. The summed E-state index contributed by atoms with van der Waals surface area (Å²) >= 11 is 3.08. The second kappa shape index (κ2) is 6.44. The van der Waals surface area contributed by atoms with Crippen molar-refractivity contribution in [3.8, 4) is 0 Å². The summed E-state index contributed by atoms with van der Waals surface area (Å²) in [7, 11) is 0. The highest BCUT2D eigenvalue weighted by Crippen LogP contribution is 2.22. The number of nitrogens with two attached hydrogens (primary N) is 2. The molecule has 0 spiro atoms. The molecular weight excluding hydrogens is 331 g/mol. The molecule has 0 aliphatic rings. The first kappa shape index (κ1) is 14.4. The molecular formula is C11H12BrFN6O. The molecule has 20 heavy (non-hydrogen) atoms. The molecule has 7 nitrogen and oxygen atoms in total. The van der Waals surface area contributed by atoms with E-state index in [2.05, 4.69) is 41.2 Å². The second-order valence-corrected chi connectivity index (χ2v) is 4.63. The van der Waals surface area contributed by atoms with Crippen LogP contribution >= 0.6 is 15.9 Å². The number of nitrogens with zero attached hydrogens (tertiary/aromatic N) is 3. The van der Waals surface area contributed by atoms with Crippen LogP contribution in [0.5, 0.6) is 0 Å². The highest BCUT2D eigenvalue weighted by molar-refractivity contribution is 9.10. The van der Waals surface area contributed by atoms with E-state index in [0.29, 0.717) is 29.1 Å². The minimum atomic E-state index is -0.379. The van der Waals surface area contributed by atoms with Gasteiger partial charge in [0, 0.05) is 13.1 Å². The zero-order chi connectivity index (χ0) is 14.5. The van der Waals surface area contributed by atoms with Gasteiger partial charge >= 0.3 is 0 Å². The Hall–Kier alpha value is -2.00. The standard InChI is InChI=1S/C11H12BrFN6O/c12-7-5-6(1-2-8(7)13)17-10(15)9-11(16-4-3-14)19-20-18-9/h1-2,5H,3-4,14H2,(H2,15,17)(H,16,19). The summed E-state index contributed by atoms with van der Waals surface area (Å²) in [6, 6.07) is 4.28. The van der Waals surface area contributed by atoms with Crippen molar-refractivity contribution >= 4 is 33.3 Å². The van der Waals surface area contributed by atoms with E-state index in [-0.39, 0.29) is 17.3 Å². The summed E-state index contributed by atoms with van der Waals surface area (Å²) in [5.41, 5.74) is 12.0. The van der Waals surface area contributed by atoms with E-state index < -0.39 is 0 Å². The normalized spacial score (nSPS) is 11.7. The quantitative estimate of drug-likeness (QED) is 0.558. The Morgan fingerprint density at radius 3 is 2.95 bits per heavy atom. The van der Waals surface area contributed by atoms with Crippen molar-refractivity contribution < 1.29 is 9.02 Å². The maximum atomic E-state index is 13.1. The molecule has 5 N–H and O–H groups in total. The van der Waals surface area contributed by atoms with Crippen LogP contribution < -0.4 is 16.8 Å². The van der Waals surface area contributed by atoms with E-state index in [0.717, 1.165) is 0 Å². The number of amidine groups is 1. The molecule has 0 fully saturated rings. The molecule has 0 aliphatic heterocycles. The molecule has 1 heterocycles. The van der Waals surface area contributed by atoms with Crippen LogP contribution in [-0.4, -0.2) is 29.2 Å². The summed E-state index contributed by atoms with van der Waals surface area (Å²) in [5, 5.41) is 10.2. The van der Waals surface area contributed by atoms with E-state index in [1.165, 1.54) is 18.2 Å². The highest BCUT2D eigenvalue weighted by Gasteiger charge is 2.13. The van der Waals surface area contributed by atoms with Gasteiger partial charge in [-0.15, -0.1) is 0 Å². The van der Waals surface area contributed by atoms with Gasteiger partial charge in [0.05, 0.1) is 10.2 Å². The minimum Gasteiger partial charge on any atom is -0.382 e. The molecule has 0 saturated carbocycles. The van der Waals surface area contributed by atoms with E-state index >= 15 is 0 Å². The Morgan fingerprint density at radius 2 is 2.25 bits per heavy atom. The maximum Gasteiger partial charge on any atom is 0.202 e. The Morgan fingerprint density at radius 1 is 1.45 bits per heavy atom. The predicted octanol–water partition coefficient (Wildman–Crippen LogP) is 1.38. The van der Waals surface area contributed by atoms with Gasteiger partial charge in [-0.3, -0.25) is 0 Å². The van der Waals surface area contributed by atoms with Crippen LogP contribution in [0, 0.1) is 5.82 Å². The maximum absolute atomic E-state index is 13.1. The molecule has 0 bridgehead atoms. The molecule has 1 aromatic carbocycles. The highest BCUT2D eigenvalue weighted by atomic mass is 79.9.